The Labute approximate surface area is 127 Å². The molecular weight excluding hydrogens is 253 g/mol. The molecule has 1 heterocycles. The Hall–Kier alpha value is -2.09. The van der Waals surface area contributed by atoms with Crippen molar-refractivity contribution in [3.8, 4) is 0 Å². The van der Waals surface area contributed by atoms with Crippen molar-refractivity contribution >= 4 is 35.3 Å². The maximum Gasteiger partial charge on any atom is 0.536 e. The zero-order chi connectivity index (χ0) is 14.8. The summed E-state index contributed by atoms with van der Waals surface area (Å²) in [5.74, 6) is 0.561. The quantitative estimate of drug-likeness (QED) is 0.490. The van der Waals surface area contributed by atoms with Gasteiger partial charge in [0.1, 0.15) is 0 Å². The summed E-state index contributed by atoms with van der Waals surface area (Å²) in [6.07, 6.45) is 4.49. The van der Waals surface area contributed by atoms with E-state index >= 15 is 0 Å². The van der Waals surface area contributed by atoms with Crippen LogP contribution in [0.15, 0.2) is 54.6 Å². The van der Waals surface area contributed by atoms with Gasteiger partial charge in [0.15, 0.2) is 11.0 Å². The Balaban J connectivity index is 2.36. The van der Waals surface area contributed by atoms with Gasteiger partial charge in [0.2, 0.25) is 0 Å². The fourth-order valence-electron chi connectivity index (χ4n) is 2.77. The van der Waals surface area contributed by atoms with Crippen LogP contribution in [-0.4, -0.2) is 7.41 Å². The number of hydrogen-bond acceptors (Lipinski definition) is 0. The van der Waals surface area contributed by atoms with E-state index in [9.17, 15) is 0 Å². The summed E-state index contributed by atoms with van der Waals surface area (Å²) >= 11 is 0. The van der Waals surface area contributed by atoms with Crippen LogP contribution in [0.2, 0.25) is 6.82 Å². The first kappa shape index (κ1) is 13.9. The number of nitrogens with zero attached hydrogens (tertiary/aromatic N) is 1. The van der Waals surface area contributed by atoms with Gasteiger partial charge in [-0.1, -0.05) is 50.3 Å². The predicted molar refractivity (Wildman–Crippen MR) is 92.5 cm³/mol. The molecule has 0 bridgehead atoms. The minimum absolute atomic E-state index is 0.561. The van der Waals surface area contributed by atoms with Gasteiger partial charge in [0.25, 0.3) is 0 Å². The summed E-state index contributed by atoms with van der Waals surface area (Å²) in [4.78, 5) is 0. The summed E-state index contributed by atoms with van der Waals surface area (Å²) < 4.78 is 2.28. The standard InChI is InChI=1S/C19H20BN/c1-14(2)11-12-15-8-6-10-19-17(15)13-16-7-4-5-9-18(16)21(19)20-3/h4-14H,1-3H3/q+1/b12-11+. The van der Waals surface area contributed by atoms with Gasteiger partial charge in [0, 0.05) is 17.5 Å². The van der Waals surface area contributed by atoms with E-state index in [1.807, 2.05) is 0 Å². The van der Waals surface area contributed by atoms with Gasteiger partial charge in [-0.3, -0.25) is 4.48 Å². The molecule has 3 aromatic rings. The van der Waals surface area contributed by atoms with Crippen LogP contribution in [0.5, 0.6) is 0 Å². The number of allylic oxidation sites excluding steroid dienone is 1. The van der Waals surface area contributed by atoms with Crippen LogP contribution in [0.4, 0.5) is 0 Å². The molecule has 2 aromatic carbocycles. The van der Waals surface area contributed by atoms with Crippen molar-refractivity contribution in [1.29, 1.82) is 0 Å². The van der Waals surface area contributed by atoms with Crippen molar-refractivity contribution < 1.29 is 4.48 Å². The molecule has 0 spiro atoms. The second-order valence-corrected chi connectivity index (χ2v) is 5.71. The van der Waals surface area contributed by atoms with E-state index in [1.165, 1.54) is 27.4 Å². The van der Waals surface area contributed by atoms with E-state index in [-0.39, 0.29) is 0 Å². The van der Waals surface area contributed by atoms with Gasteiger partial charge in [0.05, 0.1) is 5.39 Å². The lowest BCUT2D eigenvalue weighted by molar-refractivity contribution is -0.467. The number of benzene rings is 2. The third-order valence-electron chi connectivity index (χ3n) is 3.79. The van der Waals surface area contributed by atoms with Crippen LogP contribution in [0.1, 0.15) is 19.4 Å². The molecule has 103 valence electrons. The molecule has 0 atom stereocenters. The average molecular weight is 273 g/mol. The van der Waals surface area contributed by atoms with E-state index in [2.05, 4.69) is 93.2 Å². The molecular formula is C19H20BN+. The Morgan fingerprint density at radius 2 is 1.76 bits per heavy atom. The first-order valence-electron chi connectivity index (χ1n) is 7.54. The highest BCUT2D eigenvalue weighted by molar-refractivity contribution is 6.24. The molecule has 0 unspecified atom stereocenters. The number of aromatic nitrogens is 1. The fraction of sp³-hybridized carbons (Fsp3) is 0.211. The van der Waals surface area contributed by atoms with Crippen LogP contribution in [-0.2, 0) is 0 Å². The van der Waals surface area contributed by atoms with Crippen molar-refractivity contribution in [3.63, 3.8) is 0 Å². The fourth-order valence-corrected chi connectivity index (χ4v) is 2.77. The molecule has 0 N–H and O–H groups in total. The maximum absolute atomic E-state index is 2.30. The Morgan fingerprint density at radius 3 is 2.52 bits per heavy atom. The third-order valence-corrected chi connectivity index (χ3v) is 3.79. The molecule has 3 rings (SSSR count). The highest BCUT2D eigenvalue weighted by atomic mass is 14.9. The largest absolute Gasteiger partial charge is 0.536 e. The Morgan fingerprint density at radius 1 is 1.00 bits per heavy atom. The summed E-state index contributed by atoms with van der Waals surface area (Å²) in [5, 5.41) is 2.57. The molecule has 0 aliphatic heterocycles. The number of rotatable bonds is 3. The zero-order valence-corrected chi connectivity index (χ0v) is 12.9. The monoisotopic (exact) mass is 273 g/mol. The van der Waals surface area contributed by atoms with Crippen molar-refractivity contribution in [2.75, 3.05) is 0 Å². The van der Waals surface area contributed by atoms with Crippen LogP contribution in [0.3, 0.4) is 0 Å². The number of pyridine rings is 1. The molecule has 1 radical (unpaired) electrons. The summed E-state index contributed by atoms with van der Waals surface area (Å²) in [6, 6.07) is 17.4. The minimum Gasteiger partial charge on any atom is -0.278 e. The molecule has 0 aliphatic carbocycles. The lowest BCUT2D eigenvalue weighted by Crippen LogP contribution is -2.39. The van der Waals surface area contributed by atoms with Gasteiger partial charge in [-0.05, 0) is 30.4 Å². The van der Waals surface area contributed by atoms with E-state index in [0.29, 0.717) is 5.92 Å². The number of fused-ring (bicyclic) bond motifs is 2. The van der Waals surface area contributed by atoms with E-state index < -0.39 is 0 Å². The predicted octanol–water partition coefficient (Wildman–Crippen LogP) is 4.47. The van der Waals surface area contributed by atoms with Crippen LogP contribution in [0, 0.1) is 5.92 Å². The number of para-hydroxylation sites is 1. The smallest absolute Gasteiger partial charge is 0.278 e. The van der Waals surface area contributed by atoms with E-state index in [0.717, 1.165) is 0 Å². The normalized spacial score (nSPS) is 11.8. The SMILES string of the molecule is C[B][n+]1c2ccccc2cc2c(/C=C/C(C)C)cccc21. The van der Waals surface area contributed by atoms with Gasteiger partial charge in [-0.25, -0.2) is 0 Å². The number of hydrogen-bond donors (Lipinski definition) is 0. The molecule has 2 heteroatoms. The van der Waals surface area contributed by atoms with Gasteiger partial charge in [-0.15, -0.1) is 0 Å². The Kier molecular flexibility index (Phi) is 3.79. The topological polar surface area (TPSA) is 3.88 Å². The summed E-state index contributed by atoms with van der Waals surface area (Å²) in [6.45, 7) is 6.50. The second kappa shape index (κ2) is 5.73. The first-order chi connectivity index (χ1) is 10.2. The molecule has 0 aliphatic rings. The zero-order valence-electron chi connectivity index (χ0n) is 12.9. The molecule has 1 aromatic heterocycles. The third kappa shape index (κ3) is 2.58. The summed E-state index contributed by atoms with van der Waals surface area (Å²) in [5.41, 5.74) is 3.78. The molecule has 0 amide bonds. The van der Waals surface area contributed by atoms with E-state index in [1.54, 1.807) is 0 Å². The van der Waals surface area contributed by atoms with E-state index in [4.69, 9.17) is 0 Å². The highest BCUT2D eigenvalue weighted by Gasteiger charge is 2.15. The van der Waals surface area contributed by atoms with Crippen LogP contribution < -0.4 is 4.48 Å². The van der Waals surface area contributed by atoms with Gasteiger partial charge >= 0.3 is 7.41 Å². The van der Waals surface area contributed by atoms with Crippen LogP contribution >= 0.6 is 0 Å². The average Bonchev–Trinajstić information content (AvgIpc) is 2.50. The maximum atomic E-state index is 2.30. The lowest BCUT2D eigenvalue weighted by Gasteiger charge is -2.07. The molecule has 0 fully saturated rings. The second-order valence-electron chi connectivity index (χ2n) is 5.71. The van der Waals surface area contributed by atoms with Crippen molar-refractivity contribution in [1.82, 2.24) is 0 Å². The molecule has 0 saturated carbocycles. The lowest BCUT2D eigenvalue weighted by atomic mass is 9.94. The van der Waals surface area contributed by atoms with Gasteiger partial charge in [-0.2, -0.15) is 0 Å². The minimum atomic E-state index is 0.561. The van der Waals surface area contributed by atoms with Crippen LogP contribution in [0.25, 0.3) is 27.9 Å². The first-order valence-corrected chi connectivity index (χ1v) is 7.54. The summed E-state index contributed by atoms with van der Waals surface area (Å²) in [7, 11) is 2.14. The van der Waals surface area contributed by atoms with Gasteiger partial charge < -0.3 is 0 Å². The van der Waals surface area contributed by atoms with Crippen molar-refractivity contribution in [2.45, 2.75) is 20.7 Å². The highest BCUT2D eigenvalue weighted by Crippen LogP contribution is 2.22. The molecule has 1 nitrogen and oxygen atoms in total. The molecule has 0 saturated heterocycles. The molecule has 21 heavy (non-hydrogen) atoms. The van der Waals surface area contributed by atoms with Crippen molar-refractivity contribution in [3.05, 3.63) is 60.2 Å². The Bertz CT molecular complexity index is 818. The van der Waals surface area contributed by atoms with Crippen molar-refractivity contribution in [2.24, 2.45) is 5.92 Å².